The first-order chi connectivity index (χ1) is 9.81. The smallest absolute Gasteiger partial charge is 0.262 e. The summed E-state index contributed by atoms with van der Waals surface area (Å²) in [5.74, 6) is 1.16. The monoisotopic (exact) mass is 263 g/mol. The van der Waals surface area contributed by atoms with Crippen LogP contribution in [0.1, 0.15) is 10.4 Å². The van der Waals surface area contributed by atoms with Gasteiger partial charge in [-0.1, -0.05) is 30.8 Å². The van der Waals surface area contributed by atoms with Gasteiger partial charge in [0.1, 0.15) is 5.75 Å². The second-order valence-corrected chi connectivity index (χ2v) is 4.39. The first-order valence-electron chi connectivity index (χ1n) is 6.33. The van der Waals surface area contributed by atoms with E-state index < -0.39 is 0 Å². The van der Waals surface area contributed by atoms with Crippen LogP contribution < -0.4 is 9.64 Å². The van der Waals surface area contributed by atoms with Crippen LogP contribution in [0.15, 0.2) is 66.9 Å². The third kappa shape index (κ3) is 2.00. The molecular weight excluding hydrogens is 250 g/mol. The number of rotatable bonds is 2. The summed E-state index contributed by atoms with van der Waals surface area (Å²) in [5.41, 5.74) is 4.01. The predicted octanol–water partition coefficient (Wildman–Crippen LogP) is 3.78. The minimum Gasteiger partial charge on any atom is -0.454 e. The molecule has 1 amide bonds. The van der Waals surface area contributed by atoms with Crippen LogP contribution in [0.2, 0.25) is 0 Å². The molecule has 3 heteroatoms. The fraction of sp³-hybridized carbons (Fsp3) is 0.0588. The van der Waals surface area contributed by atoms with Crippen molar-refractivity contribution in [2.24, 2.45) is 0 Å². The third-order valence-electron chi connectivity index (χ3n) is 3.16. The van der Waals surface area contributed by atoms with Crippen molar-refractivity contribution in [2.45, 2.75) is 0 Å². The lowest BCUT2D eigenvalue weighted by Crippen LogP contribution is -2.30. The zero-order valence-corrected chi connectivity index (χ0v) is 10.9. The SMILES string of the molecule is C=C=CCN1C(=O)c2ccccc2Oc2ccccc21. The Morgan fingerprint density at radius 3 is 2.60 bits per heavy atom. The van der Waals surface area contributed by atoms with Gasteiger partial charge in [0, 0.05) is 0 Å². The Balaban J connectivity index is 2.18. The van der Waals surface area contributed by atoms with Gasteiger partial charge in [0.05, 0.1) is 17.8 Å². The summed E-state index contributed by atoms with van der Waals surface area (Å²) in [4.78, 5) is 14.3. The van der Waals surface area contributed by atoms with Crippen LogP contribution in [0.3, 0.4) is 0 Å². The van der Waals surface area contributed by atoms with Gasteiger partial charge in [-0.25, -0.2) is 0 Å². The maximum Gasteiger partial charge on any atom is 0.262 e. The number of carbonyl (C=O) groups excluding carboxylic acids is 1. The first-order valence-corrected chi connectivity index (χ1v) is 6.33. The van der Waals surface area contributed by atoms with E-state index in [9.17, 15) is 4.79 Å². The Labute approximate surface area is 117 Å². The molecule has 0 radical (unpaired) electrons. The predicted molar refractivity (Wildman–Crippen MR) is 78.3 cm³/mol. The van der Waals surface area contributed by atoms with Crippen LogP contribution in [0, 0.1) is 0 Å². The lowest BCUT2D eigenvalue weighted by molar-refractivity contribution is 0.0990. The highest BCUT2D eigenvalue weighted by Gasteiger charge is 2.26. The molecule has 3 rings (SSSR count). The molecule has 1 aliphatic heterocycles. The number of nitrogens with zero attached hydrogens (tertiary/aromatic N) is 1. The lowest BCUT2D eigenvalue weighted by Gasteiger charge is -2.19. The lowest BCUT2D eigenvalue weighted by atomic mass is 10.1. The maximum atomic E-state index is 12.7. The molecule has 0 unspecified atom stereocenters. The number of carbonyl (C=O) groups is 1. The molecule has 2 aromatic carbocycles. The minimum absolute atomic E-state index is 0.0861. The molecule has 3 nitrogen and oxygen atoms in total. The Kier molecular flexibility index (Phi) is 3.12. The molecule has 1 aliphatic rings. The average Bonchev–Trinajstić information content (AvgIpc) is 2.60. The normalized spacial score (nSPS) is 12.6. The van der Waals surface area contributed by atoms with Crippen LogP contribution in [0.5, 0.6) is 11.5 Å². The van der Waals surface area contributed by atoms with Gasteiger partial charge in [0.2, 0.25) is 0 Å². The zero-order valence-electron chi connectivity index (χ0n) is 10.9. The molecule has 0 N–H and O–H groups in total. The Morgan fingerprint density at radius 1 is 1.10 bits per heavy atom. The van der Waals surface area contributed by atoms with E-state index in [0.29, 0.717) is 23.6 Å². The second-order valence-electron chi connectivity index (χ2n) is 4.39. The highest BCUT2D eigenvalue weighted by molar-refractivity contribution is 6.09. The summed E-state index contributed by atoms with van der Waals surface area (Å²) < 4.78 is 5.87. The average molecular weight is 263 g/mol. The summed E-state index contributed by atoms with van der Waals surface area (Å²) in [6.45, 7) is 3.96. The van der Waals surface area contributed by atoms with Gasteiger partial charge >= 0.3 is 0 Å². The second kappa shape index (κ2) is 5.08. The number of anilines is 1. The van der Waals surface area contributed by atoms with Gasteiger partial charge in [-0.15, -0.1) is 5.73 Å². The summed E-state index contributed by atoms with van der Waals surface area (Å²) in [6, 6.07) is 14.8. The first kappa shape index (κ1) is 12.3. The van der Waals surface area contributed by atoms with Crippen LogP contribution in [-0.2, 0) is 0 Å². The van der Waals surface area contributed by atoms with Gasteiger partial charge < -0.3 is 9.64 Å². The highest BCUT2D eigenvalue weighted by atomic mass is 16.5. The molecule has 0 atom stereocenters. The number of hydrogen-bond acceptors (Lipinski definition) is 2. The molecule has 0 fully saturated rings. The highest BCUT2D eigenvalue weighted by Crippen LogP contribution is 2.38. The van der Waals surface area contributed by atoms with Crippen LogP contribution in [0.25, 0.3) is 0 Å². The third-order valence-corrected chi connectivity index (χ3v) is 3.16. The molecular formula is C17H13NO2. The number of fused-ring (bicyclic) bond motifs is 2. The quantitative estimate of drug-likeness (QED) is 0.772. The van der Waals surface area contributed by atoms with Gasteiger partial charge in [-0.2, -0.15) is 0 Å². The van der Waals surface area contributed by atoms with E-state index in [0.717, 1.165) is 5.69 Å². The van der Waals surface area contributed by atoms with E-state index in [1.807, 2.05) is 36.4 Å². The number of hydrogen-bond donors (Lipinski definition) is 0. The number of para-hydroxylation sites is 3. The van der Waals surface area contributed by atoms with E-state index >= 15 is 0 Å². The fourth-order valence-electron chi connectivity index (χ4n) is 2.21. The number of benzene rings is 2. The van der Waals surface area contributed by atoms with Gasteiger partial charge in [-0.05, 0) is 30.3 Å². The Morgan fingerprint density at radius 2 is 1.80 bits per heavy atom. The van der Waals surface area contributed by atoms with Crippen LogP contribution in [-0.4, -0.2) is 12.5 Å². The molecule has 0 saturated heterocycles. The van der Waals surface area contributed by atoms with Crippen molar-refractivity contribution in [2.75, 3.05) is 11.4 Å². The summed E-state index contributed by atoms with van der Waals surface area (Å²) >= 11 is 0. The van der Waals surface area contributed by atoms with Gasteiger partial charge in [0.15, 0.2) is 5.75 Å². The molecule has 0 saturated carbocycles. The van der Waals surface area contributed by atoms with Gasteiger partial charge in [0.25, 0.3) is 5.91 Å². The van der Waals surface area contributed by atoms with E-state index in [-0.39, 0.29) is 5.91 Å². The standard InChI is InChI=1S/C17H13NO2/c1-2-3-12-18-14-9-5-7-11-16(14)20-15-10-6-4-8-13(15)17(18)19/h3-11H,1,12H2. The number of ether oxygens (including phenoxy) is 1. The summed E-state index contributed by atoms with van der Waals surface area (Å²) in [5, 5.41) is 0. The van der Waals surface area contributed by atoms with Crippen LogP contribution >= 0.6 is 0 Å². The van der Waals surface area contributed by atoms with Crippen LogP contribution in [0.4, 0.5) is 5.69 Å². The zero-order chi connectivity index (χ0) is 13.9. The van der Waals surface area contributed by atoms with E-state index in [2.05, 4.69) is 12.3 Å². The van der Waals surface area contributed by atoms with Crippen molar-refractivity contribution in [1.29, 1.82) is 0 Å². The molecule has 0 aliphatic carbocycles. The Hall–Kier alpha value is -2.77. The molecule has 2 aromatic rings. The summed E-state index contributed by atoms with van der Waals surface area (Å²) in [7, 11) is 0. The van der Waals surface area contributed by atoms with Crippen molar-refractivity contribution >= 4 is 11.6 Å². The van der Waals surface area contributed by atoms with E-state index in [1.165, 1.54) is 0 Å². The van der Waals surface area contributed by atoms with Crippen molar-refractivity contribution in [3.8, 4) is 11.5 Å². The molecule has 0 aromatic heterocycles. The summed E-state index contributed by atoms with van der Waals surface area (Å²) in [6.07, 6.45) is 1.72. The molecule has 20 heavy (non-hydrogen) atoms. The molecule has 0 spiro atoms. The molecule has 1 heterocycles. The van der Waals surface area contributed by atoms with Crippen molar-refractivity contribution in [1.82, 2.24) is 0 Å². The van der Waals surface area contributed by atoms with Crippen molar-refractivity contribution in [3.05, 3.63) is 72.5 Å². The fourth-order valence-corrected chi connectivity index (χ4v) is 2.21. The van der Waals surface area contributed by atoms with E-state index in [1.54, 1.807) is 23.1 Å². The largest absolute Gasteiger partial charge is 0.454 e. The maximum absolute atomic E-state index is 12.7. The molecule has 0 bridgehead atoms. The topological polar surface area (TPSA) is 29.5 Å². The van der Waals surface area contributed by atoms with Crippen molar-refractivity contribution < 1.29 is 9.53 Å². The van der Waals surface area contributed by atoms with Crippen molar-refractivity contribution in [3.63, 3.8) is 0 Å². The molecule has 98 valence electrons. The van der Waals surface area contributed by atoms with E-state index in [4.69, 9.17) is 4.74 Å². The Bertz CT molecular complexity index is 714. The van der Waals surface area contributed by atoms with Gasteiger partial charge in [-0.3, -0.25) is 4.79 Å². The number of amides is 1. The minimum atomic E-state index is -0.0861.